The molecule has 0 atom stereocenters. The number of aromatic nitrogens is 1. The predicted molar refractivity (Wildman–Crippen MR) is 281 cm³/mol. The van der Waals surface area contributed by atoms with Crippen molar-refractivity contribution in [3.8, 4) is 50.2 Å². The molecule has 0 amide bonds. The number of para-hydroxylation sites is 4. The molecule has 13 aromatic rings. The Kier molecular flexibility index (Phi) is 8.89. The van der Waals surface area contributed by atoms with E-state index in [1.807, 2.05) is 0 Å². The van der Waals surface area contributed by atoms with Crippen LogP contribution in [0.15, 0.2) is 255 Å². The lowest BCUT2D eigenvalue weighted by molar-refractivity contribution is 1.20. The maximum absolute atomic E-state index is 2.52. The molecular formula is C64H42N2. The summed E-state index contributed by atoms with van der Waals surface area (Å²) >= 11 is 0. The molecule has 0 aliphatic rings. The molecule has 0 N–H and O–H groups in total. The van der Waals surface area contributed by atoms with E-state index in [4.69, 9.17) is 0 Å². The van der Waals surface area contributed by atoms with Crippen molar-refractivity contribution < 1.29 is 0 Å². The molecule has 1 aromatic heterocycles. The molecule has 13 rings (SSSR count). The van der Waals surface area contributed by atoms with Crippen LogP contribution in [-0.2, 0) is 0 Å². The summed E-state index contributed by atoms with van der Waals surface area (Å²) in [6.07, 6.45) is 0. The van der Waals surface area contributed by atoms with E-state index in [-0.39, 0.29) is 0 Å². The summed E-state index contributed by atoms with van der Waals surface area (Å²) < 4.78 is 2.46. The molecule has 0 spiro atoms. The standard InChI is InChI=1S/C64H42N2/c1-3-16-43(17-4-1)45-30-32-46(33-31-45)51-22-7-11-26-57(51)65(58-27-12-8-23-52(58)50-21-15-20-49(42-50)44-18-5-2-6-19-44)61-40-36-47-35-39-56-62(41-37-48-34-38-55(61)63(47)64(48)56)66-59-28-13-9-24-53(59)54-25-10-14-29-60(54)66/h1-42H. The second-order valence-electron chi connectivity index (χ2n) is 17.2. The van der Waals surface area contributed by atoms with E-state index in [0.717, 1.165) is 39.3 Å². The van der Waals surface area contributed by atoms with Gasteiger partial charge in [-0.2, -0.15) is 0 Å². The van der Waals surface area contributed by atoms with Gasteiger partial charge in [0.05, 0.1) is 33.8 Å². The highest BCUT2D eigenvalue weighted by Crippen LogP contribution is 2.50. The highest BCUT2D eigenvalue weighted by atomic mass is 15.1. The molecule has 0 saturated carbocycles. The minimum Gasteiger partial charge on any atom is -0.309 e. The molecule has 2 nitrogen and oxygen atoms in total. The van der Waals surface area contributed by atoms with Crippen molar-refractivity contribution in [1.29, 1.82) is 0 Å². The van der Waals surface area contributed by atoms with Crippen LogP contribution in [0.2, 0.25) is 0 Å². The quantitative estimate of drug-likeness (QED) is 0.138. The summed E-state index contributed by atoms with van der Waals surface area (Å²) in [5.41, 5.74) is 16.4. The maximum Gasteiger partial charge on any atom is 0.0541 e. The smallest absolute Gasteiger partial charge is 0.0541 e. The van der Waals surface area contributed by atoms with Crippen molar-refractivity contribution in [3.63, 3.8) is 0 Å². The molecule has 0 aliphatic heterocycles. The molecule has 0 aliphatic carbocycles. The Morgan fingerprint density at radius 1 is 0.258 bits per heavy atom. The number of anilines is 3. The Balaban J connectivity index is 1.06. The van der Waals surface area contributed by atoms with Gasteiger partial charge in [-0.25, -0.2) is 0 Å². The largest absolute Gasteiger partial charge is 0.309 e. The van der Waals surface area contributed by atoms with Crippen LogP contribution in [0, 0.1) is 0 Å². The molecule has 0 bridgehead atoms. The van der Waals surface area contributed by atoms with Gasteiger partial charge >= 0.3 is 0 Å². The second kappa shape index (κ2) is 15.5. The summed E-state index contributed by atoms with van der Waals surface area (Å²) in [6, 6.07) is 93.4. The fraction of sp³-hybridized carbons (Fsp3) is 0. The molecule has 0 radical (unpaired) electrons. The molecule has 2 heteroatoms. The third-order valence-corrected chi connectivity index (χ3v) is 13.6. The Bertz CT molecular complexity index is 3870. The number of fused-ring (bicyclic) bond motifs is 3. The molecular weight excluding hydrogens is 797 g/mol. The van der Waals surface area contributed by atoms with Gasteiger partial charge < -0.3 is 9.47 Å². The molecule has 12 aromatic carbocycles. The number of hydrogen-bond acceptors (Lipinski definition) is 1. The van der Waals surface area contributed by atoms with Crippen LogP contribution in [0.25, 0.3) is 104 Å². The van der Waals surface area contributed by atoms with Gasteiger partial charge in [-0.05, 0) is 97.4 Å². The first-order chi connectivity index (χ1) is 32.8. The van der Waals surface area contributed by atoms with Crippen molar-refractivity contribution in [3.05, 3.63) is 255 Å². The maximum atomic E-state index is 2.52. The minimum absolute atomic E-state index is 1.11. The fourth-order valence-corrected chi connectivity index (χ4v) is 10.5. The van der Waals surface area contributed by atoms with Gasteiger partial charge in [0.1, 0.15) is 0 Å². The van der Waals surface area contributed by atoms with Gasteiger partial charge in [-0.1, -0.05) is 212 Å². The zero-order valence-corrected chi connectivity index (χ0v) is 36.1. The molecule has 1 heterocycles. The van der Waals surface area contributed by atoms with Crippen molar-refractivity contribution >= 4 is 71.2 Å². The zero-order chi connectivity index (χ0) is 43.6. The number of benzene rings is 12. The minimum atomic E-state index is 1.11. The predicted octanol–water partition coefficient (Wildman–Crippen LogP) is 17.8. The first-order valence-corrected chi connectivity index (χ1v) is 22.8. The van der Waals surface area contributed by atoms with Gasteiger partial charge in [0.2, 0.25) is 0 Å². The summed E-state index contributed by atoms with van der Waals surface area (Å²) in [7, 11) is 0. The van der Waals surface area contributed by atoms with E-state index >= 15 is 0 Å². The van der Waals surface area contributed by atoms with Gasteiger partial charge in [0, 0.05) is 32.7 Å². The first-order valence-electron chi connectivity index (χ1n) is 22.8. The van der Waals surface area contributed by atoms with E-state index < -0.39 is 0 Å². The Hall–Kier alpha value is -8.72. The van der Waals surface area contributed by atoms with Crippen LogP contribution in [0.3, 0.4) is 0 Å². The average Bonchev–Trinajstić information content (AvgIpc) is 3.73. The first kappa shape index (κ1) is 37.8. The number of nitrogens with zero attached hydrogens (tertiary/aromatic N) is 2. The van der Waals surface area contributed by atoms with Crippen LogP contribution >= 0.6 is 0 Å². The Morgan fingerprint density at radius 2 is 0.712 bits per heavy atom. The van der Waals surface area contributed by atoms with Crippen LogP contribution in [-0.4, -0.2) is 4.57 Å². The summed E-state index contributed by atoms with van der Waals surface area (Å²) in [4.78, 5) is 2.52. The summed E-state index contributed by atoms with van der Waals surface area (Å²) in [5, 5.41) is 9.96. The van der Waals surface area contributed by atoms with Gasteiger partial charge in [-0.3, -0.25) is 0 Å². The Morgan fingerprint density at radius 3 is 1.38 bits per heavy atom. The molecule has 66 heavy (non-hydrogen) atoms. The van der Waals surface area contributed by atoms with E-state index in [9.17, 15) is 0 Å². The molecule has 0 unspecified atom stereocenters. The lowest BCUT2D eigenvalue weighted by Gasteiger charge is -2.31. The highest BCUT2D eigenvalue weighted by Gasteiger charge is 2.24. The zero-order valence-electron chi connectivity index (χ0n) is 36.1. The van der Waals surface area contributed by atoms with Crippen LogP contribution < -0.4 is 4.90 Å². The van der Waals surface area contributed by atoms with E-state index in [1.54, 1.807) is 0 Å². The van der Waals surface area contributed by atoms with Crippen LogP contribution in [0.4, 0.5) is 17.1 Å². The third kappa shape index (κ3) is 6.11. The van der Waals surface area contributed by atoms with Gasteiger partial charge in [0.15, 0.2) is 0 Å². The third-order valence-electron chi connectivity index (χ3n) is 13.6. The second-order valence-corrected chi connectivity index (χ2v) is 17.2. The van der Waals surface area contributed by atoms with Crippen LogP contribution in [0.5, 0.6) is 0 Å². The summed E-state index contributed by atoms with van der Waals surface area (Å²) in [6.45, 7) is 0. The molecule has 308 valence electrons. The SMILES string of the molecule is c1ccc(-c2ccc(-c3ccccc3N(c3ccccc3-c3cccc(-c4ccccc4)c3)c3ccc4ccc5c(-n6c7ccccc7c7ccccc76)ccc6ccc3c4c65)cc2)cc1. The van der Waals surface area contributed by atoms with Crippen molar-refractivity contribution in [2.24, 2.45) is 0 Å². The normalized spacial score (nSPS) is 11.6. The van der Waals surface area contributed by atoms with E-state index in [0.29, 0.717) is 0 Å². The van der Waals surface area contributed by atoms with Crippen molar-refractivity contribution in [1.82, 2.24) is 4.57 Å². The van der Waals surface area contributed by atoms with E-state index in [1.165, 1.54) is 82.1 Å². The van der Waals surface area contributed by atoms with Crippen LogP contribution in [0.1, 0.15) is 0 Å². The van der Waals surface area contributed by atoms with Crippen molar-refractivity contribution in [2.45, 2.75) is 0 Å². The number of hydrogen-bond donors (Lipinski definition) is 0. The number of rotatable bonds is 8. The van der Waals surface area contributed by atoms with Crippen molar-refractivity contribution in [2.75, 3.05) is 4.90 Å². The molecule has 0 fully saturated rings. The fourth-order valence-electron chi connectivity index (χ4n) is 10.5. The van der Waals surface area contributed by atoms with Gasteiger partial charge in [0.25, 0.3) is 0 Å². The average molecular weight is 839 g/mol. The molecule has 0 saturated heterocycles. The van der Waals surface area contributed by atoms with E-state index in [2.05, 4.69) is 264 Å². The lowest BCUT2D eigenvalue weighted by atomic mass is 9.91. The Labute approximate surface area is 383 Å². The highest BCUT2D eigenvalue weighted by molar-refractivity contribution is 6.28. The van der Waals surface area contributed by atoms with Gasteiger partial charge in [-0.15, -0.1) is 0 Å². The summed E-state index contributed by atoms with van der Waals surface area (Å²) in [5.74, 6) is 0. The monoisotopic (exact) mass is 838 g/mol. The lowest BCUT2D eigenvalue weighted by Crippen LogP contribution is -2.13. The topological polar surface area (TPSA) is 8.17 Å².